The van der Waals surface area contributed by atoms with Crippen LogP contribution in [0.15, 0.2) is 40.9 Å². The second-order valence-corrected chi connectivity index (χ2v) is 6.71. The van der Waals surface area contributed by atoms with Gasteiger partial charge in [0.15, 0.2) is 11.2 Å². The molecule has 2 rings (SSSR count). The van der Waals surface area contributed by atoms with E-state index in [9.17, 15) is 14.7 Å². The van der Waals surface area contributed by atoms with Gasteiger partial charge in [-0.25, -0.2) is 4.79 Å². The van der Waals surface area contributed by atoms with Crippen LogP contribution in [0.4, 0.5) is 0 Å². The lowest BCUT2D eigenvalue weighted by Gasteiger charge is -2.29. The molecule has 1 heterocycles. The van der Waals surface area contributed by atoms with E-state index in [0.29, 0.717) is 11.3 Å². The third kappa shape index (κ3) is 3.32. The standard InChI is InChI=1S/C18H22N2O4/c1-5-18(16(22)23,12-9-7-6-8-10-12)19-15(21)13-11-14(24-20-13)17(2,3)4/h6-11H,5H2,1-4H3,(H,19,21)(H,22,23). The summed E-state index contributed by atoms with van der Waals surface area (Å²) in [6.45, 7) is 7.52. The maximum absolute atomic E-state index is 12.5. The minimum absolute atomic E-state index is 0.0648. The summed E-state index contributed by atoms with van der Waals surface area (Å²) in [4.78, 5) is 24.5. The Kier molecular flexibility index (Phi) is 4.78. The molecule has 1 aromatic heterocycles. The van der Waals surface area contributed by atoms with Crippen molar-refractivity contribution >= 4 is 11.9 Å². The van der Waals surface area contributed by atoms with E-state index in [2.05, 4.69) is 10.5 Å². The van der Waals surface area contributed by atoms with Crippen molar-refractivity contribution in [3.05, 3.63) is 53.4 Å². The van der Waals surface area contributed by atoms with Gasteiger partial charge in [-0.05, 0) is 12.0 Å². The summed E-state index contributed by atoms with van der Waals surface area (Å²) in [6, 6.07) is 10.2. The zero-order chi connectivity index (χ0) is 18.0. The van der Waals surface area contributed by atoms with Gasteiger partial charge in [-0.15, -0.1) is 0 Å². The fourth-order valence-corrected chi connectivity index (χ4v) is 2.41. The SMILES string of the molecule is CCC(NC(=O)c1cc(C(C)(C)C)on1)(C(=O)O)c1ccccc1. The van der Waals surface area contributed by atoms with Crippen molar-refractivity contribution in [2.45, 2.75) is 45.1 Å². The van der Waals surface area contributed by atoms with Crippen molar-refractivity contribution in [1.82, 2.24) is 10.5 Å². The third-order valence-electron chi connectivity index (χ3n) is 3.97. The van der Waals surface area contributed by atoms with Crippen molar-refractivity contribution in [1.29, 1.82) is 0 Å². The molecule has 128 valence electrons. The molecular formula is C18H22N2O4. The molecule has 6 heteroatoms. The lowest BCUT2D eigenvalue weighted by molar-refractivity contribution is -0.145. The fraction of sp³-hybridized carbons (Fsp3) is 0.389. The van der Waals surface area contributed by atoms with E-state index in [-0.39, 0.29) is 17.5 Å². The highest BCUT2D eigenvalue weighted by molar-refractivity contribution is 5.96. The van der Waals surface area contributed by atoms with Crippen LogP contribution in [0.1, 0.15) is 55.9 Å². The first-order valence-electron chi connectivity index (χ1n) is 7.79. The van der Waals surface area contributed by atoms with Crippen LogP contribution in [0.25, 0.3) is 0 Å². The summed E-state index contributed by atoms with van der Waals surface area (Å²) >= 11 is 0. The van der Waals surface area contributed by atoms with Gasteiger partial charge in [-0.1, -0.05) is 63.2 Å². The Labute approximate surface area is 140 Å². The highest BCUT2D eigenvalue weighted by atomic mass is 16.5. The summed E-state index contributed by atoms with van der Waals surface area (Å²) in [5.74, 6) is -1.14. The van der Waals surface area contributed by atoms with Gasteiger partial charge in [-0.2, -0.15) is 0 Å². The zero-order valence-electron chi connectivity index (χ0n) is 14.3. The molecular weight excluding hydrogens is 308 g/mol. The summed E-state index contributed by atoms with van der Waals surface area (Å²) in [7, 11) is 0. The molecule has 0 saturated carbocycles. The Hall–Kier alpha value is -2.63. The molecule has 0 aliphatic rings. The number of carbonyl (C=O) groups excluding carboxylic acids is 1. The molecule has 0 radical (unpaired) electrons. The van der Waals surface area contributed by atoms with E-state index < -0.39 is 17.4 Å². The van der Waals surface area contributed by atoms with E-state index >= 15 is 0 Å². The van der Waals surface area contributed by atoms with Crippen molar-refractivity contribution in [2.24, 2.45) is 0 Å². The molecule has 1 unspecified atom stereocenters. The highest BCUT2D eigenvalue weighted by Crippen LogP contribution is 2.27. The molecule has 0 bridgehead atoms. The van der Waals surface area contributed by atoms with Gasteiger partial charge in [0.05, 0.1) is 0 Å². The first kappa shape index (κ1) is 17.7. The number of carboxylic acids is 1. The highest BCUT2D eigenvalue weighted by Gasteiger charge is 2.41. The summed E-state index contributed by atoms with van der Waals surface area (Å²) in [5, 5.41) is 16.1. The average Bonchev–Trinajstić information content (AvgIpc) is 3.03. The summed E-state index contributed by atoms with van der Waals surface area (Å²) in [5.41, 5.74) is -1.23. The number of carbonyl (C=O) groups is 2. The number of hydrogen-bond donors (Lipinski definition) is 2. The molecule has 1 aromatic carbocycles. The topological polar surface area (TPSA) is 92.4 Å². The molecule has 2 N–H and O–H groups in total. The number of rotatable bonds is 5. The maximum atomic E-state index is 12.5. The fourth-order valence-electron chi connectivity index (χ4n) is 2.41. The van der Waals surface area contributed by atoms with Gasteiger partial charge in [0, 0.05) is 11.5 Å². The van der Waals surface area contributed by atoms with Gasteiger partial charge in [0.1, 0.15) is 5.76 Å². The van der Waals surface area contributed by atoms with E-state index in [1.54, 1.807) is 43.3 Å². The number of nitrogens with one attached hydrogen (secondary N) is 1. The van der Waals surface area contributed by atoms with Gasteiger partial charge in [0.2, 0.25) is 0 Å². The van der Waals surface area contributed by atoms with Gasteiger partial charge < -0.3 is 14.9 Å². The van der Waals surface area contributed by atoms with Gasteiger partial charge in [0.25, 0.3) is 5.91 Å². The largest absolute Gasteiger partial charge is 0.479 e. The Balaban J connectivity index is 2.35. The maximum Gasteiger partial charge on any atom is 0.334 e. The first-order valence-corrected chi connectivity index (χ1v) is 7.79. The van der Waals surface area contributed by atoms with Crippen LogP contribution in [-0.4, -0.2) is 22.1 Å². The molecule has 6 nitrogen and oxygen atoms in total. The van der Waals surface area contributed by atoms with Crippen LogP contribution in [0.5, 0.6) is 0 Å². The summed E-state index contributed by atoms with van der Waals surface area (Å²) in [6.07, 6.45) is 0.196. The van der Waals surface area contributed by atoms with E-state index in [4.69, 9.17) is 4.52 Å². The van der Waals surface area contributed by atoms with E-state index in [0.717, 1.165) is 0 Å². The van der Waals surface area contributed by atoms with Crippen LogP contribution in [0.3, 0.4) is 0 Å². The van der Waals surface area contributed by atoms with Crippen molar-refractivity contribution < 1.29 is 19.2 Å². The predicted molar refractivity (Wildman–Crippen MR) is 88.7 cm³/mol. The van der Waals surface area contributed by atoms with Crippen molar-refractivity contribution in [3.8, 4) is 0 Å². The quantitative estimate of drug-likeness (QED) is 0.879. The van der Waals surface area contributed by atoms with E-state index in [1.807, 2.05) is 20.8 Å². The second-order valence-electron chi connectivity index (χ2n) is 6.71. The number of aromatic nitrogens is 1. The lowest BCUT2D eigenvalue weighted by Crippen LogP contribution is -2.51. The molecule has 0 spiro atoms. The van der Waals surface area contributed by atoms with Crippen molar-refractivity contribution in [2.75, 3.05) is 0 Å². The first-order chi connectivity index (χ1) is 11.2. The molecule has 24 heavy (non-hydrogen) atoms. The minimum atomic E-state index is -1.51. The second kappa shape index (κ2) is 6.47. The number of hydrogen-bond acceptors (Lipinski definition) is 4. The van der Waals surface area contributed by atoms with Gasteiger partial charge in [-0.3, -0.25) is 4.79 Å². The molecule has 1 amide bonds. The van der Waals surface area contributed by atoms with Crippen molar-refractivity contribution in [3.63, 3.8) is 0 Å². The number of amides is 1. The van der Waals surface area contributed by atoms with Crippen LogP contribution in [0.2, 0.25) is 0 Å². The predicted octanol–water partition coefficient (Wildman–Crippen LogP) is 3.09. The Morgan fingerprint density at radius 2 is 1.83 bits per heavy atom. The Morgan fingerprint density at radius 3 is 2.29 bits per heavy atom. The van der Waals surface area contributed by atoms with Crippen LogP contribution in [-0.2, 0) is 15.7 Å². The van der Waals surface area contributed by atoms with Gasteiger partial charge >= 0.3 is 5.97 Å². The monoisotopic (exact) mass is 330 g/mol. The number of nitrogens with zero attached hydrogens (tertiary/aromatic N) is 1. The van der Waals surface area contributed by atoms with Crippen LogP contribution in [0, 0.1) is 0 Å². The number of aliphatic carboxylic acids is 1. The normalized spacial score (nSPS) is 14.0. The molecule has 0 aliphatic carbocycles. The molecule has 1 atom stereocenters. The number of carboxylic acid groups (broad SMARTS) is 1. The lowest BCUT2D eigenvalue weighted by atomic mass is 9.87. The van der Waals surface area contributed by atoms with Crippen LogP contribution >= 0.6 is 0 Å². The smallest absolute Gasteiger partial charge is 0.334 e. The molecule has 0 fully saturated rings. The number of benzene rings is 1. The average molecular weight is 330 g/mol. The van der Waals surface area contributed by atoms with E-state index in [1.165, 1.54) is 0 Å². The molecule has 0 aliphatic heterocycles. The van der Waals surface area contributed by atoms with Crippen LogP contribution < -0.4 is 5.32 Å². The zero-order valence-corrected chi connectivity index (χ0v) is 14.3. The molecule has 0 saturated heterocycles. The Morgan fingerprint density at radius 1 is 1.21 bits per heavy atom. The third-order valence-corrected chi connectivity index (χ3v) is 3.97. The Bertz CT molecular complexity index is 731. The minimum Gasteiger partial charge on any atom is -0.479 e. The summed E-state index contributed by atoms with van der Waals surface area (Å²) < 4.78 is 5.21. The molecule has 2 aromatic rings.